The molecule has 2 nitrogen and oxygen atoms in total. The van der Waals surface area contributed by atoms with Crippen molar-refractivity contribution >= 4 is 0 Å². The second-order valence-electron chi connectivity index (χ2n) is 2.22. The molecule has 0 saturated carbocycles. The third-order valence-corrected chi connectivity index (χ3v) is 0.971. The van der Waals surface area contributed by atoms with Gasteiger partial charge < -0.3 is 9.64 Å². The topological polar surface area (TPSA) is 15.8 Å². The van der Waals surface area contributed by atoms with E-state index >= 15 is 0 Å². The Hall–Kier alpha value is -0.0800. The quantitative estimate of drug-likeness (QED) is 0.453. The molecule has 0 radical (unpaired) electrons. The maximum atomic E-state index is 4.98. The Morgan fingerprint density at radius 3 is 2.43 bits per heavy atom. The molecule has 1 fully saturated rings. The van der Waals surface area contributed by atoms with Gasteiger partial charge in [-0.2, -0.15) is 0 Å². The first kappa shape index (κ1) is 5.06. The van der Waals surface area contributed by atoms with Crippen molar-refractivity contribution in [1.82, 2.24) is 4.90 Å². The van der Waals surface area contributed by atoms with E-state index in [-0.39, 0.29) is 0 Å². The van der Waals surface area contributed by atoms with Crippen LogP contribution in [0.15, 0.2) is 0 Å². The largest absolute Gasteiger partial charge is 0.372 e. The normalized spacial score (nSPS) is 28.7. The van der Waals surface area contributed by atoms with Gasteiger partial charge in [-0.1, -0.05) is 0 Å². The van der Waals surface area contributed by atoms with Gasteiger partial charge >= 0.3 is 0 Å². The molecule has 1 aliphatic heterocycles. The van der Waals surface area contributed by atoms with E-state index in [1.54, 1.807) is 0 Å². The van der Waals surface area contributed by atoms with Gasteiger partial charge in [0, 0.05) is 6.54 Å². The van der Waals surface area contributed by atoms with E-state index in [0.717, 1.165) is 13.2 Å². The summed E-state index contributed by atoms with van der Waals surface area (Å²) >= 11 is 0. The first-order chi connectivity index (χ1) is 3.29. The molecule has 1 unspecified atom stereocenters. The molecule has 1 aliphatic rings. The van der Waals surface area contributed by atoms with E-state index in [4.69, 9.17) is 4.74 Å². The Kier molecular flexibility index (Phi) is 1.30. The first-order valence-corrected chi connectivity index (χ1v) is 2.55. The summed E-state index contributed by atoms with van der Waals surface area (Å²) < 4.78 is 4.98. The lowest BCUT2D eigenvalue weighted by Crippen LogP contribution is -2.17. The standard InChI is InChI=1S/C5H11NO/c1-6(2)3-5-4-7-5/h5H,3-4H2,1-2H3. The van der Waals surface area contributed by atoms with Crippen LogP contribution in [0.25, 0.3) is 0 Å². The molecule has 0 aromatic heterocycles. The number of nitrogens with zero attached hydrogens (tertiary/aromatic N) is 1. The van der Waals surface area contributed by atoms with Gasteiger partial charge in [0.15, 0.2) is 0 Å². The molecule has 2 heteroatoms. The van der Waals surface area contributed by atoms with Gasteiger partial charge in [0.05, 0.1) is 12.7 Å². The van der Waals surface area contributed by atoms with Crippen LogP contribution < -0.4 is 0 Å². The van der Waals surface area contributed by atoms with Gasteiger partial charge in [-0.25, -0.2) is 0 Å². The molecule has 7 heavy (non-hydrogen) atoms. The van der Waals surface area contributed by atoms with Crippen molar-refractivity contribution in [2.45, 2.75) is 6.10 Å². The van der Waals surface area contributed by atoms with Gasteiger partial charge in [0.25, 0.3) is 0 Å². The predicted octanol–water partition coefficient (Wildman–Crippen LogP) is -0.0532. The molecule has 0 bridgehead atoms. The summed E-state index contributed by atoms with van der Waals surface area (Å²) in [5, 5.41) is 0. The Balaban J connectivity index is 1.97. The molecule has 0 amide bonds. The number of ether oxygens (including phenoxy) is 1. The maximum absolute atomic E-state index is 4.98. The lowest BCUT2D eigenvalue weighted by Gasteiger charge is -2.03. The summed E-state index contributed by atoms with van der Waals surface area (Å²) in [6.45, 7) is 2.05. The Labute approximate surface area is 44.1 Å². The van der Waals surface area contributed by atoms with Crippen LogP contribution in [0.3, 0.4) is 0 Å². The molecule has 0 N–H and O–H groups in total. The third kappa shape index (κ3) is 1.90. The van der Waals surface area contributed by atoms with Crippen LogP contribution in [-0.4, -0.2) is 38.3 Å². The van der Waals surface area contributed by atoms with Crippen LogP contribution in [0.1, 0.15) is 0 Å². The van der Waals surface area contributed by atoms with E-state index in [0.29, 0.717) is 6.10 Å². The summed E-state index contributed by atoms with van der Waals surface area (Å²) in [6, 6.07) is 0. The predicted molar refractivity (Wildman–Crippen MR) is 28.3 cm³/mol. The molecular weight excluding hydrogens is 90.1 g/mol. The minimum Gasteiger partial charge on any atom is -0.372 e. The number of epoxide rings is 1. The summed E-state index contributed by atoms with van der Waals surface area (Å²) in [7, 11) is 4.11. The highest BCUT2D eigenvalue weighted by molar-refractivity contribution is 4.70. The zero-order valence-electron chi connectivity index (χ0n) is 4.85. The fourth-order valence-electron chi connectivity index (χ4n) is 0.581. The number of rotatable bonds is 2. The highest BCUT2D eigenvalue weighted by Crippen LogP contribution is 2.07. The summed E-state index contributed by atoms with van der Waals surface area (Å²) in [4.78, 5) is 2.14. The highest BCUT2D eigenvalue weighted by Gasteiger charge is 2.22. The maximum Gasteiger partial charge on any atom is 0.0936 e. The molecule has 0 aliphatic carbocycles. The van der Waals surface area contributed by atoms with Crippen molar-refractivity contribution in [1.29, 1.82) is 0 Å². The van der Waals surface area contributed by atoms with E-state index in [2.05, 4.69) is 19.0 Å². The molecular formula is C5H11NO. The lowest BCUT2D eigenvalue weighted by atomic mass is 10.5. The Bertz CT molecular complexity index is 59.1. The Morgan fingerprint density at radius 2 is 2.29 bits per heavy atom. The monoisotopic (exact) mass is 101 g/mol. The van der Waals surface area contributed by atoms with Crippen molar-refractivity contribution < 1.29 is 4.74 Å². The van der Waals surface area contributed by atoms with Gasteiger partial charge in [-0.05, 0) is 14.1 Å². The van der Waals surface area contributed by atoms with E-state index in [1.165, 1.54) is 0 Å². The Morgan fingerprint density at radius 1 is 1.71 bits per heavy atom. The summed E-state index contributed by atoms with van der Waals surface area (Å²) in [5.74, 6) is 0. The minimum absolute atomic E-state index is 0.551. The van der Waals surface area contributed by atoms with E-state index in [9.17, 15) is 0 Å². The van der Waals surface area contributed by atoms with E-state index in [1.807, 2.05) is 0 Å². The van der Waals surface area contributed by atoms with Gasteiger partial charge in [-0.3, -0.25) is 0 Å². The molecule has 1 heterocycles. The molecule has 0 aromatic carbocycles. The smallest absolute Gasteiger partial charge is 0.0936 e. The molecule has 0 aromatic rings. The number of hydrogen-bond acceptors (Lipinski definition) is 2. The lowest BCUT2D eigenvalue weighted by molar-refractivity contribution is 0.323. The first-order valence-electron chi connectivity index (χ1n) is 2.55. The van der Waals surface area contributed by atoms with Crippen LogP contribution in [0.4, 0.5) is 0 Å². The second-order valence-corrected chi connectivity index (χ2v) is 2.22. The second kappa shape index (κ2) is 1.80. The average Bonchev–Trinajstić information content (AvgIpc) is 2.17. The molecule has 0 spiro atoms. The van der Waals surface area contributed by atoms with Crippen molar-refractivity contribution in [2.75, 3.05) is 27.2 Å². The molecule has 42 valence electrons. The number of likely N-dealkylation sites (N-methyl/N-ethyl adjacent to an activating group) is 1. The SMILES string of the molecule is CN(C)CC1CO1. The van der Waals surface area contributed by atoms with E-state index < -0.39 is 0 Å². The van der Waals surface area contributed by atoms with Gasteiger partial charge in [0.2, 0.25) is 0 Å². The average molecular weight is 101 g/mol. The highest BCUT2D eigenvalue weighted by atomic mass is 16.6. The van der Waals surface area contributed by atoms with Crippen LogP contribution >= 0.6 is 0 Å². The van der Waals surface area contributed by atoms with Crippen molar-refractivity contribution in [2.24, 2.45) is 0 Å². The van der Waals surface area contributed by atoms with Crippen LogP contribution in [0.5, 0.6) is 0 Å². The van der Waals surface area contributed by atoms with Crippen LogP contribution in [0, 0.1) is 0 Å². The molecule has 1 atom stereocenters. The van der Waals surface area contributed by atoms with Crippen LogP contribution in [0.2, 0.25) is 0 Å². The molecule has 1 saturated heterocycles. The van der Waals surface area contributed by atoms with Gasteiger partial charge in [-0.15, -0.1) is 0 Å². The molecule has 1 rings (SSSR count). The summed E-state index contributed by atoms with van der Waals surface area (Å²) in [6.07, 6.45) is 0.551. The zero-order valence-corrected chi connectivity index (χ0v) is 4.85. The van der Waals surface area contributed by atoms with Crippen molar-refractivity contribution in [3.8, 4) is 0 Å². The fraction of sp³-hybridized carbons (Fsp3) is 1.00. The van der Waals surface area contributed by atoms with Crippen molar-refractivity contribution in [3.63, 3.8) is 0 Å². The van der Waals surface area contributed by atoms with Crippen molar-refractivity contribution in [3.05, 3.63) is 0 Å². The summed E-state index contributed by atoms with van der Waals surface area (Å²) in [5.41, 5.74) is 0. The zero-order chi connectivity index (χ0) is 5.28. The fourth-order valence-corrected chi connectivity index (χ4v) is 0.581. The third-order valence-electron chi connectivity index (χ3n) is 0.971. The van der Waals surface area contributed by atoms with Gasteiger partial charge in [0.1, 0.15) is 0 Å². The minimum atomic E-state index is 0.551. The number of hydrogen-bond donors (Lipinski definition) is 0. The van der Waals surface area contributed by atoms with Crippen LogP contribution in [-0.2, 0) is 4.74 Å².